The van der Waals surface area contributed by atoms with Crippen LogP contribution in [0.3, 0.4) is 0 Å². The molecule has 1 aliphatic heterocycles. The van der Waals surface area contributed by atoms with Crippen LogP contribution in [-0.4, -0.2) is 40.8 Å². The van der Waals surface area contributed by atoms with Crippen LogP contribution in [0.15, 0.2) is 0 Å². The van der Waals surface area contributed by atoms with Gasteiger partial charge in [-0.15, -0.1) is 11.3 Å². The summed E-state index contributed by atoms with van der Waals surface area (Å²) in [5, 5.41) is 4.34. The van der Waals surface area contributed by atoms with E-state index in [1.165, 1.54) is 10.6 Å². The molecule has 1 saturated heterocycles. The van der Waals surface area contributed by atoms with Gasteiger partial charge in [0.1, 0.15) is 0 Å². The minimum absolute atomic E-state index is 0.507. The zero-order valence-electron chi connectivity index (χ0n) is 11.9. The van der Waals surface area contributed by atoms with E-state index in [9.17, 15) is 4.21 Å². The Hall–Kier alpha value is -0.460. The van der Waals surface area contributed by atoms with Gasteiger partial charge in [-0.25, -0.2) is 4.98 Å². The largest absolute Gasteiger partial charge is 0.346 e. The van der Waals surface area contributed by atoms with E-state index in [1.807, 2.05) is 7.05 Å². The lowest BCUT2D eigenvalue weighted by Gasteiger charge is -2.25. The lowest BCUT2D eigenvalue weighted by Crippen LogP contribution is -2.37. The van der Waals surface area contributed by atoms with Gasteiger partial charge in [0.15, 0.2) is 5.13 Å². The van der Waals surface area contributed by atoms with Crippen LogP contribution in [-0.2, 0) is 17.3 Å². The average Bonchev–Trinajstić information content (AvgIpc) is 2.83. The summed E-state index contributed by atoms with van der Waals surface area (Å²) >= 11 is 1.79. The molecule has 108 valence electrons. The molecule has 0 aliphatic carbocycles. The second-order valence-corrected chi connectivity index (χ2v) is 7.74. The number of hydrogen-bond donors (Lipinski definition) is 1. The number of hydrogen-bond acceptors (Lipinski definition) is 5. The van der Waals surface area contributed by atoms with Crippen molar-refractivity contribution >= 4 is 27.3 Å². The van der Waals surface area contributed by atoms with Crippen molar-refractivity contribution in [3.8, 4) is 0 Å². The lowest BCUT2D eigenvalue weighted by molar-refractivity contribution is 0.671. The van der Waals surface area contributed by atoms with E-state index in [4.69, 9.17) is 4.98 Å². The summed E-state index contributed by atoms with van der Waals surface area (Å²) < 4.78 is 11.4. The third kappa shape index (κ3) is 3.55. The molecule has 1 atom stereocenters. The van der Waals surface area contributed by atoms with Crippen molar-refractivity contribution in [2.45, 2.75) is 32.7 Å². The number of aromatic nitrogens is 1. The predicted octanol–water partition coefficient (Wildman–Crippen LogP) is 1.94. The number of anilines is 1. The van der Waals surface area contributed by atoms with E-state index in [0.29, 0.717) is 5.92 Å². The fourth-order valence-electron chi connectivity index (χ4n) is 2.18. The molecule has 0 saturated carbocycles. The predicted molar refractivity (Wildman–Crippen MR) is 83.7 cm³/mol. The smallest absolute Gasteiger partial charge is 0.185 e. The summed E-state index contributed by atoms with van der Waals surface area (Å²) in [6.45, 7) is 7.08. The van der Waals surface area contributed by atoms with E-state index < -0.39 is 10.8 Å². The minimum Gasteiger partial charge on any atom is -0.346 e. The molecule has 1 aliphatic rings. The van der Waals surface area contributed by atoms with Gasteiger partial charge in [0.25, 0.3) is 0 Å². The highest BCUT2D eigenvalue weighted by Gasteiger charge is 2.22. The van der Waals surface area contributed by atoms with Gasteiger partial charge in [-0.05, 0) is 19.4 Å². The molecule has 1 aromatic heterocycles. The maximum atomic E-state index is 11.4. The van der Waals surface area contributed by atoms with Crippen molar-refractivity contribution in [3.05, 3.63) is 10.6 Å². The Morgan fingerprint density at radius 3 is 2.74 bits per heavy atom. The Bertz CT molecular complexity index is 437. The van der Waals surface area contributed by atoms with E-state index in [2.05, 4.69) is 24.1 Å². The van der Waals surface area contributed by atoms with E-state index in [-0.39, 0.29) is 0 Å². The quantitative estimate of drug-likeness (QED) is 0.903. The molecule has 1 aromatic rings. The summed E-state index contributed by atoms with van der Waals surface area (Å²) in [5.41, 5.74) is 1.24. The minimum atomic E-state index is -0.624. The first kappa shape index (κ1) is 14.9. The zero-order valence-corrected chi connectivity index (χ0v) is 13.6. The monoisotopic (exact) mass is 301 g/mol. The van der Waals surface area contributed by atoms with E-state index in [1.54, 1.807) is 11.3 Å². The summed E-state index contributed by atoms with van der Waals surface area (Å²) in [6, 6.07) is 0. The maximum absolute atomic E-state index is 11.4. The van der Waals surface area contributed by atoms with Gasteiger partial charge in [-0.3, -0.25) is 4.21 Å². The van der Waals surface area contributed by atoms with Crippen LogP contribution in [0.25, 0.3) is 0 Å². The molecule has 6 heteroatoms. The molecule has 2 rings (SSSR count). The first-order valence-electron chi connectivity index (χ1n) is 6.89. The fourth-order valence-corrected chi connectivity index (χ4v) is 4.48. The van der Waals surface area contributed by atoms with E-state index in [0.717, 1.165) is 42.7 Å². The molecular weight excluding hydrogens is 278 g/mol. The van der Waals surface area contributed by atoms with Gasteiger partial charge in [-0.2, -0.15) is 0 Å². The number of thiazole rings is 1. The van der Waals surface area contributed by atoms with Crippen LogP contribution in [0.5, 0.6) is 0 Å². The Labute approximate surface area is 122 Å². The zero-order chi connectivity index (χ0) is 13.8. The van der Waals surface area contributed by atoms with Crippen LogP contribution in [0.4, 0.5) is 5.13 Å². The fraction of sp³-hybridized carbons (Fsp3) is 0.769. The first-order valence-corrected chi connectivity index (χ1v) is 9.20. The van der Waals surface area contributed by atoms with Crippen LogP contribution in [0, 0.1) is 0 Å². The van der Waals surface area contributed by atoms with E-state index >= 15 is 0 Å². The van der Waals surface area contributed by atoms with Gasteiger partial charge in [-0.1, -0.05) is 13.8 Å². The third-order valence-corrected chi connectivity index (χ3v) is 5.99. The second kappa shape index (κ2) is 6.81. The molecule has 1 fully saturated rings. The molecule has 0 aromatic carbocycles. The summed E-state index contributed by atoms with van der Waals surface area (Å²) in [7, 11) is 1.35. The average molecular weight is 301 g/mol. The van der Waals surface area contributed by atoms with Gasteiger partial charge < -0.3 is 10.2 Å². The highest BCUT2D eigenvalue weighted by atomic mass is 32.2. The molecule has 1 N–H and O–H groups in total. The first-order chi connectivity index (χ1) is 9.15. The summed E-state index contributed by atoms with van der Waals surface area (Å²) in [4.78, 5) is 8.49. The third-order valence-electron chi connectivity index (χ3n) is 3.58. The van der Waals surface area contributed by atoms with Crippen LogP contribution < -0.4 is 10.2 Å². The van der Waals surface area contributed by atoms with Gasteiger partial charge in [0.05, 0.1) is 5.69 Å². The highest BCUT2D eigenvalue weighted by Crippen LogP contribution is 2.32. The molecule has 0 bridgehead atoms. The maximum Gasteiger partial charge on any atom is 0.185 e. The highest BCUT2D eigenvalue weighted by molar-refractivity contribution is 7.85. The number of rotatable bonds is 5. The number of nitrogens with zero attached hydrogens (tertiary/aromatic N) is 2. The molecule has 19 heavy (non-hydrogen) atoms. The summed E-state index contributed by atoms with van der Waals surface area (Å²) in [6.07, 6.45) is 1.11. The molecule has 0 spiro atoms. The van der Waals surface area contributed by atoms with Crippen LogP contribution in [0.2, 0.25) is 0 Å². The molecule has 2 heterocycles. The van der Waals surface area contributed by atoms with Crippen LogP contribution in [0.1, 0.15) is 36.8 Å². The van der Waals surface area contributed by atoms with Crippen molar-refractivity contribution in [1.82, 2.24) is 10.3 Å². The number of nitrogens with one attached hydrogen (secondary N) is 1. The van der Waals surface area contributed by atoms with Crippen molar-refractivity contribution in [2.75, 3.05) is 36.5 Å². The molecular formula is C13H23N3OS2. The second-order valence-electron chi connectivity index (χ2n) is 4.98. The molecule has 0 amide bonds. The molecule has 0 radical (unpaired) electrons. The standard InChI is InChI=1S/C13H23N3OS2/c1-4-10(2)12-11(9-14-3)18-13(15-12)16-5-7-19(17)8-6-16/h10,14H,4-9H2,1-3H3. The van der Waals surface area contributed by atoms with Gasteiger partial charge >= 0.3 is 0 Å². The Morgan fingerprint density at radius 1 is 1.47 bits per heavy atom. The van der Waals surface area contributed by atoms with Crippen LogP contribution >= 0.6 is 11.3 Å². The normalized spacial score (nSPS) is 18.8. The van der Waals surface area contributed by atoms with Gasteiger partial charge in [0.2, 0.25) is 0 Å². The molecule has 4 nitrogen and oxygen atoms in total. The van der Waals surface area contributed by atoms with Crippen molar-refractivity contribution in [1.29, 1.82) is 0 Å². The van der Waals surface area contributed by atoms with Crippen molar-refractivity contribution < 1.29 is 4.21 Å². The SMILES string of the molecule is CCC(C)c1nc(N2CCS(=O)CC2)sc1CNC. The lowest BCUT2D eigenvalue weighted by atomic mass is 10.0. The Morgan fingerprint density at radius 2 is 2.16 bits per heavy atom. The van der Waals surface area contributed by atoms with Gasteiger partial charge in [0, 0.05) is 46.8 Å². The van der Waals surface area contributed by atoms with Crippen molar-refractivity contribution in [2.24, 2.45) is 0 Å². The Kier molecular flexibility index (Phi) is 5.36. The Balaban J connectivity index is 2.19. The van der Waals surface area contributed by atoms with Crippen molar-refractivity contribution in [3.63, 3.8) is 0 Å². The summed E-state index contributed by atoms with van der Waals surface area (Å²) in [5.74, 6) is 2.06. The topological polar surface area (TPSA) is 45.2 Å². The molecule has 1 unspecified atom stereocenters.